The highest BCUT2D eigenvalue weighted by atomic mass is 35.5. The van der Waals surface area contributed by atoms with Gasteiger partial charge in [-0.2, -0.15) is 8.78 Å². The number of halogens is 5. The molecule has 0 bridgehead atoms. The third-order valence-electron chi connectivity index (χ3n) is 25.7. The molecule has 2 unspecified atom stereocenters. The smallest absolute Gasteiger partial charge is 0.340 e. The van der Waals surface area contributed by atoms with E-state index in [2.05, 4.69) is 99.3 Å². The van der Waals surface area contributed by atoms with Crippen LogP contribution in [0.15, 0.2) is 257 Å². The number of unbranched alkanes of at least 4 members (excludes halogenated alkanes) is 1. The molecule has 0 aliphatic heterocycles. The number of oxime groups is 3. The van der Waals surface area contributed by atoms with E-state index in [0.29, 0.717) is 74.0 Å². The first-order chi connectivity index (χ1) is 65.5. The quantitative estimate of drug-likeness (QED) is 0.00931. The molecule has 0 radical (unpaired) electrons. The number of thioether (sulfide) groups is 1. The lowest BCUT2D eigenvalue weighted by Gasteiger charge is -2.23. The number of aryl methyl sites for hydroxylation is 4. The van der Waals surface area contributed by atoms with Crippen LogP contribution >= 0.6 is 23.4 Å². The summed E-state index contributed by atoms with van der Waals surface area (Å²) in [5.74, 6) is -3.90. The van der Waals surface area contributed by atoms with Gasteiger partial charge in [-0.05, 0) is 221 Å². The Labute approximate surface area is 800 Å². The van der Waals surface area contributed by atoms with Crippen LogP contribution in [0.5, 0.6) is 5.75 Å². The average molecular weight is 1870 g/mol. The summed E-state index contributed by atoms with van der Waals surface area (Å²) in [7, 11) is 0. The van der Waals surface area contributed by atoms with Crippen molar-refractivity contribution in [2.45, 2.75) is 203 Å². The van der Waals surface area contributed by atoms with Gasteiger partial charge >= 0.3 is 30.3 Å². The summed E-state index contributed by atoms with van der Waals surface area (Å²) in [5.41, 5.74) is 17.9. The second-order valence-electron chi connectivity index (χ2n) is 35.6. The van der Waals surface area contributed by atoms with E-state index in [-0.39, 0.29) is 34.4 Å². The van der Waals surface area contributed by atoms with Crippen molar-refractivity contribution < 1.29 is 65.6 Å². The van der Waals surface area contributed by atoms with E-state index < -0.39 is 36.9 Å². The van der Waals surface area contributed by atoms with Gasteiger partial charge in [-0.25, -0.2) is 23.2 Å². The van der Waals surface area contributed by atoms with E-state index in [1.165, 1.54) is 71.1 Å². The Balaban J connectivity index is 0.000000167. The van der Waals surface area contributed by atoms with Crippen LogP contribution in [0.25, 0.3) is 76.2 Å². The Bertz CT molecular complexity index is 7050. The Morgan fingerprint density at radius 1 is 0.456 bits per heavy atom. The predicted octanol–water partition coefficient (Wildman–Crippen LogP) is 29.1. The molecule has 0 saturated heterocycles. The van der Waals surface area contributed by atoms with Crippen molar-refractivity contribution in [3.63, 3.8) is 0 Å². The zero-order valence-electron chi connectivity index (χ0n) is 79.1. The van der Waals surface area contributed by atoms with E-state index in [4.69, 9.17) is 30.9 Å². The van der Waals surface area contributed by atoms with Gasteiger partial charge in [-0.3, -0.25) is 14.4 Å². The first kappa shape index (κ1) is 98.9. The third-order valence-corrected chi connectivity index (χ3v) is 27.0. The van der Waals surface area contributed by atoms with Crippen LogP contribution in [0.2, 0.25) is 5.02 Å². The summed E-state index contributed by atoms with van der Waals surface area (Å²) in [6.07, 6.45) is 10.7. The Kier molecular flexibility index (Phi) is 32.7. The minimum atomic E-state index is -4.40. The van der Waals surface area contributed by atoms with Crippen molar-refractivity contribution in [3.05, 3.63) is 319 Å². The highest BCUT2D eigenvalue weighted by Crippen LogP contribution is 2.43. The molecule has 0 amide bonds. The number of para-hydroxylation sites is 1. The van der Waals surface area contributed by atoms with E-state index >= 15 is 0 Å². The molecule has 16 rings (SSSR count). The lowest BCUT2D eigenvalue weighted by Crippen LogP contribution is -2.34. The zero-order chi connectivity index (χ0) is 96.6. The van der Waals surface area contributed by atoms with E-state index in [0.717, 1.165) is 190 Å². The monoisotopic (exact) mass is 1870 g/mol. The van der Waals surface area contributed by atoms with Gasteiger partial charge in [-0.1, -0.05) is 233 Å². The van der Waals surface area contributed by atoms with Crippen LogP contribution in [-0.2, 0) is 48.5 Å². The SMILES string of the molecule is CC(=O)O/N=C(\C)c1ccc2c(c1)c1cc(C(=O)c3ccccc3C)ccc1n2CC1CCCCC1.CCCC(CC)Cn1c2ccc(C(=O)c3ccccc3)cc2c2cc(/C(CCSc3ccc(Cl)cc3)=N/OC(C)=O)ccc21.CCCCC(CC)Cn1c2ccc(/C(=N\OC(C)=O)c3ccccc3OCC(F)(F)C(F)F)cc2c2cc(C(=O)c3c(C)cc(C)cc3C)c3ccccc3c21. The second-order valence-corrected chi connectivity index (χ2v) is 37.2. The zero-order valence-corrected chi connectivity index (χ0v) is 80.7. The molecule has 15 aromatic rings. The number of alkyl halides is 4. The van der Waals surface area contributed by atoms with Crippen LogP contribution in [0.4, 0.5) is 17.6 Å². The summed E-state index contributed by atoms with van der Waals surface area (Å²) >= 11 is 7.74. The molecule has 16 nitrogen and oxygen atoms in total. The maximum Gasteiger partial charge on any atom is 0.340 e. The Morgan fingerprint density at radius 3 is 1.57 bits per heavy atom. The number of nitrogens with zero attached hydrogens (tertiary/aromatic N) is 6. The number of rotatable bonds is 34. The van der Waals surface area contributed by atoms with Crippen molar-refractivity contribution in [2.75, 3.05) is 12.4 Å². The largest absolute Gasteiger partial charge is 0.486 e. The third kappa shape index (κ3) is 23.0. The van der Waals surface area contributed by atoms with Gasteiger partial charge in [0.15, 0.2) is 24.0 Å². The molecule has 22 heteroatoms. The lowest BCUT2D eigenvalue weighted by molar-refractivity contribution is -0.148. The standard InChI is InChI=1S/C46H46F4N2O4.C37H37ClN2O3S.C31H32N2O3/c1-7-9-14-31(8-2)25-52-39-20-19-32(42(51-56-30(6)53)35-17-12-13-18-40(35)55-26-46(49,50)45(47)48)23-36(39)37-24-38(33-15-10-11-16-34(33)43(37)52)44(54)41-28(4)21-27(3)22-29(41)5;1-4-9-26(5-2)24-40-35-18-12-28(34(39-43-25(3)41)20-21-44-31-16-14-30(38)15-17-31)22-32(35)33-23-29(13-19-36(33)40)37(42)27-10-7-6-8-11-27;1-20-9-7-8-12-26(20)31(35)25-14-16-30-28(18-25)27-17-24(21(2)32-36-22(3)34)13-15-29(27)33(30)19-23-10-5-4-6-11-23/h10-13,15-24,31,45H,7-9,14,25-26H2,1-6H3;6-8,10-19,22-23,26H,4-5,9,20-21,24H2,1-3H3;7-9,12-18,23H,4-6,10-11,19H2,1-3H3/b51-42+;39-34+;32-21+. The topological polar surface area (TPSA) is 191 Å². The lowest BCUT2D eigenvalue weighted by atomic mass is 9.89. The normalized spacial score (nSPS) is 13.3. The maximum absolute atomic E-state index is 14.7. The van der Waals surface area contributed by atoms with Crippen LogP contribution in [0.1, 0.15) is 231 Å². The first-order valence-corrected chi connectivity index (χ1v) is 48.3. The van der Waals surface area contributed by atoms with Gasteiger partial charge in [0.05, 0.1) is 16.9 Å². The van der Waals surface area contributed by atoms with E-state index in [1.54, 1.807) is 23.9 Å². The summed E-state index contributed by atoms with van der Waals surface area (Å²) in [5, 5.41) is 20.7. The molecule has 1 saturated carbocycles. The van der Waals surface area contributed by atoms with Crippen LogP contribution in [0, 0.1) is 45.4 Å². The highest BCUT2D eigenvalue weighted by molar-refractivity contribution is 7.99. The molecule has 1 fully saturated rings. The van der Waals surface area contributed by atoms with Crippen molar-refractivity contribution >= 4 is 152 Å². The minimum Gasteiger partial charge on any atom is -0.486 e. The van der Waals surface area contributed by atoms with Gasteiger partial charge in [0, 0.05) is 178 Å². The van der Waals surface area contributed by atoms with Crippen LogP contribution in [-0.4, -0.2) is 90.8 Å². The maximum atomic E-state index is 14.7. The average Bonchev–Trinajstić information content (AvgIpc) is 1.44. The second kappa shape index (κ2) is 45.0. The van der Waals surface area contributed by atoms with Crippen LogP contribution in [0.3, 0.4) is 0 Å². The fraction of sp³-hybridized carbons (Fsp3) is 0.307. The molecule has 702 valence electrons. The number of hydrogen-bond acceptors (Lipinski definition) is 14. The van der Waals surface area contributed by atoms with E-state index in [1.807, 2.05) is 198 Å². The number of fused-ring (bicyclic) bond motifs is 11. The summed E-state index contributed by atoms with van der Waals surface area (Å²) < 4.78 is 66.6. The summed E-state index contributed by atoms with van der Waals surface area (Å²) in [6.45, 7) is 23.5. The molecular formula is C114H115ClF4N6O10S. The van der Waals surface area contributed by atoms with Crippen molar-refractivity contribution in [1.29, 1.82) is 0 Å². The highest BCUT2D eigenvalue weighted by Gasteiger charge is 2.42. The summed E-state index contributed by atoms with van der Waals surface area (Å²) in [4.78, 5) is 92.8. The first-order valence-electron chi connectivity index (χ1n) is 47.0. The Hall–Kier alpha value is -13.1. The van der Waals surface area contributed by atoms with Gasteiger partial charge in [0.2, 0.25) is 0 Å². The number of carbonyl (C=O) groups excluding carboxylic acids is 6. The fourth-order valence-electron chi connectivity index (χ4n) is 18.8. The van der Waals surface area contributed by atoms with Gasteiger partial charge in [0.1, 0.15) is 11.5 Å². The number of ketones is 3. The van der Waals surface area contributed by atoms with Crippen LogP contribution < -0.4 is 4.74 Å². The molecular weight excluding hydrogens is 1760 g/mol. The molecule has 12 aromatic carbocycles. The van der Waals surface area contributed by atoms with Crippen molar-refractivity contribution in [2.24, 2.45) is 33.2 Å². The molecule has 0 spiro atoms. The molecule has 0 N–H and O–H groups in total. The van der Waals surface area contributed by atoms with Crippen molar-refractivity contribution in [1.82, 2.24) is 13.7 Å². The van der Waals surface area contributed by atoms with Gasteiger partial charge in [-0.15, -0.1) is 11.8 Å². The molecule has 2 atom stereocenters. The molecule has 1 aliphatic carbocycles. The minimum absolute atomic E-state index is 0.00157. The van der Waals surface area contributed by atoms with Gasteiger partial charge in [0.25, 0.3) is 0 Å². The molecule has 3 aromatic heterocycles. The molecule has 1 aliphatic rings. The number of aromatic nitrogens is 3. The fourth-order valence-corrected chi connectivity index (χ4v) is 19.8. The number of ether oxygens (including phenoxy) is 1. The number of carbonyl (C=O) groups is 6. The van der Waals surface area contributed by atoms with Crippen molar-refractivity contribution in [3.8, 4) is 5.75 Å². The van der Waals surface area contributed by atoms with E-state index in [9.17, 15) is 46.3 Å². The number of hydrogen-bond donors (Lipinski definition) is 0. The molecule has 136 heavy (non-hydrogen) atoms. The number of benzene rings is 12. The predicted molar refractivity (Wildman–Crippen MR) is 542 cm³/mol. The molecule has 3 heterocycles. The summed E-state index contributed by atoms with van der Waals surface area (Å²) in [6, 6.07) is 75.1. The Morgan fingerprint density at radius 2 is 0.963 bits per heavy atom. The van der Waals surface area contributed by atoms with Gasteiger partial charge < -0.3 is 33.0 Å².